The quantitative estimate of drug-likeness (QED) is 0.857. The maximum absolute atomic E-state index is 10.9. The smallest absolute Gasteiger partial charge is 0.306 e. The normalized spacial score (nSPS) is 22.4. The van der Waals surface area contributed by atoms with Crippen LogP contribution < -0.4 is 5.32 Å². The fraction of sp³-hybridized carbons (Fsp3) is 0.429. The number of carboxylic acids is 1. The van der Waals surface area contributed by atoms with E-state index in [4.69, 9.17) is 10.4 Å². The molecule has 0 aliphatic heterocycles. The molecule has 94 valence electrons. The predicted octanol–water partition coefficient (Wildman–Crippen LogP) is 2.53. The lowest BCUT2D eigenvalue weighted by atomic mass is 10.1. The van der Waals surface area contributed by atoms with Crippen molar-refractivity contribution < 1.29 is 9.90 Å². The molecule has 0 aromatic heterocycles. The van der Waals surface area contributed by atoms with Crippen molar-refractivity contribution in [2.24, 2.45) is 5.92 Å². The van der Waals surface area contributed by atoms with Gasteiger partial charge in [0, 0.05) is 11.7 Å². The summed E-state index contributed by atoms with van der Waals surface area (Å²) in [7, 11) is 0. The van der Waals surface area contributed by atoms with Gasteiger partial charge in [0.05, 0.1) is 17.6 Å². The number of nitrogens with zero attached hydrogens (tertiary/aromatic N) is 1. The summed E-state index contributed by atoms with van der Waals surface area (Å²) >= 11 is 0. The zero-order valence-corrected chi connectivity index (χ0v) is 10.3. The molecule has 2 atom stereocenters. The molecule has 0 heterocycles. The molecule has 1 fully saturated rings. The SMILES string of the molecule is Cc1cc(C#N)ccc1NC1CCC(C(=O)O)C1. The highest BCUT2D eigenvalue weighted by Gasteiger charge is 2.29. The van der Waals surface area contributed by atoms with Crippen LogP contribution in [0.25, 0.3) is 0 Å². The van der Waals surface area contributed by atoms with Gasteiger partial charge in [-0.3, -0.25) is 4.79 Å². The first-order chi connectivity index (χ1) is 8.60. The van der Waals surface area contributed by atoms with E-state index in [0.717, 1.165) is 24.1 Å². The lowest BCUT2D eigenvalue weighted by molar-refractivity contribution is -0.141. The second-order valence-corrected chi connectivity index (χ2v) is 4.83. The van der Waals surface area contributed by atoms with E-state index in [1.807, 2.05) is 19.1 Å². The molecular weight excluding hydrogens is 228 g/mol. The highest BCUT2D eigenvalue weighted by molar-refractivity contribution is 5.70. The van der Waals surface area contributed by atoms with Crippen LogP contribution in [0.4, 0.5) is 5.69 Å². The molecule has 0 spiro atoms. The maximum atomic E-state index is 10.9. The van der Waals surface area contributed by atoms with E-state index in [2.05, 4.69) is 11.4 Å². The Bertz CT molecular complexity index is 505. The molecule has 2 N–H and O–H groups in total. The van der Waals surface area contributed by atoms with Crippen LogP contribution in [-0.2, 0) is 4.79 Å². The molecule has 4 heteroatoms. The first kappa shape index (κ1) is 12.4. The number of anilines is 1. The molecule has 18 heavy (non-hydrogen) atoms. The van der Waals surface area contributed by atoms with Gasteiger partial charge in [-0.1, -0.05) is 0 Å². The molecule has 1 aliphatic rings. The molecule has 1 aliphatic carbocycles. The van der Waals surface area contributed by atoms with Gasteiger partial charge < -0.3 is 10.4 Å². The average Bonchev–Trinajstić information content (AvgIpc) is 2.80. The van der Waals surface area contributed by atoms with Crippen LogP contribution in [0.3, 0.4) is 0 Å². The second-order valence-electron chi connectivity index (χ2n) is 4.83. The van der Waals surface area contributed by atoms with Crippen molar-refractivity contribution in [1.82, 2.24) is 0 Å². The number of carbonyl (C=O) groups is 1. The number of nitriles is 1. The van der Waals surface area contributed by atoms with Crippen molar-refractivity contribution in [1.29, 1.82) is 5.26 Å². The Balaban J connectivity index is 2.03. The Labute approximate surface area is 106 Å². The van der Waals surface area contributed by atoms with Crippen LogP contribution in [0.1, 0.15) is 30.4 Å². The standard InChI is InChI=1S/C14H16N2O2/c1-9-6-10(8-15)2-5-13(9)16-12-4-3-11(7-12)14(17)18/h2,5-6,11-12,16H,3-4,7H2,1H3,(H,17,18). The number of aryl methyl sites for hydroxylation is 1. The molecule has 0 saturated heterocycles. The third-order valence-corrected chi connectivity index (χ3v) is 3.50. The first-order valence-corrected chi connectivity index (χ1v) is 6.10. The number of benzene rings is 1. The van der Waals surface area contributed by atoms with Crippen LogP contribution in [0.15, 0.2) is 18.2 Å². The second kappa shape index (κ2) is 5.09. The fourth-order valence-corrected chi connectivity index (χ4v) is 2.45. The van der Waals surface area contributed by atoms with E-state index in [1.165, 1.54) is 0 Å². The molecule has 0 radical (unpaired) electrons. The minimum absolute atomic E-state index is 0.220. The van der Waals surface area contributed by atoms with Gasteiger partial charge in [-0.15, -0.1) is 0 Å². The van der Waals surface area contributed by atoms with Gasteiger partial charge >= 0.3 is 5.97 Å². The Morgan fingerprint density at radius 3 is 2.83 bits per heavy atom. The molecule has 0 amide bonds. The predicted molar refractivity (Wildman–Crippen MR) is 68.3 cm³/mol. The average molecular weight is 244 g/mol. The van der Waals surface area contributed by atoms with E-state index < -0.39 is 5.97 Å². The van der Waals surface area contributed by atoms with E-state index in [-0.39, 0.29) is 12.0 Å². The summed E-state index contributed by atoms with van der Waals surface area (Å²) in [5.41, 5.74) is 2.66. The van der Waals surface area contributed by atoms with E-state index in [9.17, 15) is 4.79 Å². The summed E-state index contributed by atoms with van der Waals surface area (Å²) in [6, 6.07) is 7.83. The maximum Gasteiger partial charge on any atom is 0.306 e. The number of nitrogens with one attached hydrogen (secondary N) is 1. The van der Waals surface area contributed by atoms with Crippen molar-refractivity contribution in [3.8, 4) is 6.07 Å². The highest BCUT2D eigenvalue weighted by Crippen LogP contribution is 2.29. The number of aliphatic carboxylic acids is 1. The third kappa shape index (κ3) is 2.62. The van der Waals surface area contributed by atoms with E-state index in [1.54, 1.807) is 6.07 Å². The molecule has 1 aromatic rings. The number of rotatable bonds is 3. The van der Waals surface area contributed by atoms with Crippen LogP contribution in [0, 0.1) is 24.2 Å². The van der Waals surface area contributed by atoms with Gasteiger partial charge in [0.25, 0.3) is 0 Å². The fourth-order valence-electron chi connectivity index (χ4n) is 2.45. The Kier molecular flexibility index (Phi) is 3.52. The van der Waals surface area contributed by atoms with Gasteiger partial charge in [-0.25, -0.2) is 0 Å². The van der Waals surface area contributed by atoms with Crippen LogP contribution in [-0.4, -0.2) is 17.1 Å². The summed E-state index contributed by atoms with van der Waals surface area (Å²) < 4.78 is 0. The monoisotopic (exact) mass is 244 g/mol. The van der Waals surface area contributed by atoms with Gasteiger partial charge in [0.15, 0.2) is 0 Å². The van der Waals surface area contributed by atoms with Crippen molar-refractivity contribution in [2.45, 2.75) is 32.2 Å². The zero-order chi connectivity index (χ0) is 13.1. The summed E-state index contributed by atoms with van der Waals surface area (Å²) in [6.45, 7) is 1.95. The molecule has 1 aromatic carbocycles. The molecular formula is C14H16N2O2. The van der Waals surface area contributed by atoms with Crippen molar-refractivity contribution >= 4 is 11.7 Å². The first-order valence-electron chi connectivity index (χ1n) is 6.10. The van der Waals surface area contributed by atoms with Gasteiger partial charge in [0.2, 0.25) is 0 Å². The summed E-state index contributed by atoms with van der Waals surface area (Å²) in [6.07, 6.45) is 2.30. The van der Waals surface area contributed by atoms with Crippen molar-refractivity contribution in [2.75, 3.05) is 5.32 Å². The topological polar surface area (TPSA) is 73.1 Å². The van der Waals surface area contributed by atoms with Gasteiger partial charge in [-0.05, 0) is 49.9 Å². The molecule has 0 bridgehead atoms. The number of hydrogen-bond donors (Lipinski definition) is 2. The lowest BCUT2D eigenvalue weighted by Gasteiger charge is -2.16. The number of carboxylic acid groups (broad SMARTS) is 1. The van der Waals surface area contributed by atoms with Crippen LogP contribution >= 0.6 is 0 Å². The molecule has 2 unspecified atom stereocenters. The van der Waals surface area contributed by atoms with Crippen LogP contribution in [0.5, 0.6) is 0 Å². The Hall–Kier alpha value is -2.02. The highest BCUT2D eigenvalue weighted by atomic mass is 16.4. The largest absolute Gasteiger partial charge is 0.481 e. The third-order valence-electron chi connectivity index (χ3n) is 3.50. The van der Waals surface area contributed by atoms with Crippen molar-refractivity contribution in [3.63, 3.8) is 0 Å². The summed E-state index contributed by atoms with van der Waals surface area (Å²) in [5, 5.41) is 21.1. The van der Waals surface area contributed by atoms with Crippen molar-refractivity contribution in [3.05, 3.63) is 29.3 Å². The van der Waals surface area contributed by atoms with E-state index >= 15 is 0 Å². The molecule has 1 saturated carbocycles. The van der Waals surface area contributed by atoms with Gasteiger partial charge in [-0.2, -0.15) is 5.26 Å². The lowest BCUT2D eigenvalue weighted by Crippen LogP contribution is -2.18. The summed E-state index contributed by atoms with van der Waals surface area (Å²) in [5.74, 6) is -0.919. The molecule has 2 rings (SSSR count). The minimum Gasteiger partial charge on any atom is -0.481 e. The molecule has 4 nitrogen and oxygen atoms in total. The van der Waals surface area contributed by atoms with E-state index in [0.29, 0.717) is 12.0 Å². The Morgan fingerprint density at radius 1 is 1.50 bits per heavy atom. The zero-order valence-electron chi connectivity index (χ0n) is 10.3. The number of hydrogen-bond acceptors (Lipinski definition) is 3. The van der Waals surface area contributed by atoms with Gasteiger partial charge in [0.1, 0.15) is 0 Å². The minimum atomic E-state index is -0.698. The Morgan fingerprint density at radius 2 is 2.28 bits per heavy atom. The van der Waals surface area contributed by atoms with Crippen LogP contribution in [0.2, 0.25) is 0 Å². The summed E-state index contributed by atoms with van der Waals surface area (Å²) in [4.78, 5) is 10.9.